The van der Waals surface area contributed by atoms with Gasteiger partial charge in [-0.15, -0.1) is 0 Å². The molecule has 2 aromatic carbocycles. The van der Waals surface area contributed by atoms with Crippen molar-refractivity contribution in [3.05, 3.63) is 59.2 Å². The van der Waals surface area contributed by atoms with Gasteiger partial charge in [-0.1, -0.05) is 12.1 Å². The lowest BCUT2D eigenvalue weighted by Crippen LogP contribution is -2.36. The Labute approximate surface area is 149 Å². The van der Waals surface area contributed by atoms with Crippen LogP contribution in [0.5, 0.6) is 5.75 Å². The first-order valence-corrected chi connectivity index (χ1v) is 8.12. The minimum absolute atomic E-state index is 0.0336. The molecule has 136 valence electrons. The third kappa shape index (κ3) is 3.51. The Morgan fingerprint density at radius 3 is 2.73 bits per heavy atom. The number of hydrogen-bond acceptors (Lipinski definition) is 3. The Hall–Kier alpha value is -2.96. The van der Waals surface area contributed by atoms with Crippen LogP contribution in [0.15, 0.2) is 36.4 Å². The minimum Gasteiger partial charge on any atom is -0.494 e. The maximum Gasteiger partial charge on any atom is 0.228 e. The normalized spacial score (nSPS) is 17.1. The van der Waals surface area contributed by atoms with Crippen LogP contribution in [0.2, 0.25) is 0 Å². The number of hydrogen-bond donors (Lipinski definition) is 2. The van der Waals surface area contributed by atoms with Crippen molar-refractivity contribution in [1.82, 2.24) is 5.32 Å². The molecule has 0 fully saturated rings. The smallest absolute Gasteiger partial charge is 0.228 e. The van der Waals surface area contributed by atoms with Gasteiger partial charge in [0.2, 0.25) is 11.8 Å². The molecule has 0 saturated heterocycles. The molecule has 3 rings (SSSR count). The maximum absolute atomic E-state index is 13.9. The fraction of sp³-hybridized carbons (Fsp3) is 0.263. The number of carbonyl (C=O) groups is 2. The number of ether oxygens (including phenoxy) is 1. The summed E-state index contributed by atoms with van der Waals surface area (Å²) in [6.07, 6.45) is -0.0336. The predicted molar refractivity (Wildman–Crippen MR) is 91.9 cm³/mol. The van der Waals surface area contributed by atoms with Gasteiger partial charge in [0, 0.05) is 12.1 Å². The summed E-state index contributed by atoms with van der Waals surface area (Å²) in [7, 11) is 1.37. The molecule has 2 amide bonds. The number of amides is 2. The number of benzene rings is 2. The van der Waals surface area contributed by atoms with Gasteiger partial charge in [0.25, 0.3) is 0 Å². The van der Waals surface area contributed by atoms with Crippen LogP contribution in [0.1, 0.15) is 36.4 Å². The fourth-order valence-electron chi connectivity index (χ4n) is 3.02. The van der Waals surface area contributed by atoms with Crippen molar-refractivity contribution >= 4 is 17.5 Å². The van der Waals surface area contributed by atoms with E-state index < -0.39 is 23.6 Å². The van der Waals surface area contributed by atoms with Crippen molar-refractivity contribution in [2.45, 2.75) is 25.3 Å². The third-order valence-corrected chi connectivity index (χ3v) is 4.41. The van der Waals surface area contributed by atoms with E-state index in [1.54, 1.807) is 13.0 Å². The van der Waals surface area contributed by atoms with Gasteiger partial charge < -0.3 is 15.4 Å². The highest BCUT2D eigenvalue weighted by Gasteiger charge is 2.31. The van der Waals surface area contributed by atoms with E-state index in [1.165, 1.54) is 37.4 Å². The molecule has 2 N–H and O–H groups in total. The second-order valence-electron chi connectivity index (χ2n) is 6.16. The van der Waals surface area contributed by atoms with Gasteiger partial charge in [0.15, 0.2) is 11.6 Å². The van der Waals surface area contributed by atoms with Gasteiger partial charge in [0.05, 0.1) is 19.1 Å². The third-order valence-electron chi connectivity index (χ3n) is 4.41. The molecule has 26 heavy (non-hydrogen) atoms. The zero-order valence-corrected chi connectivity index (χ0v) is 14.3. The van der Waals surface area contributed by atoms with E-state index in [9.17, 15) is 18.4 Å². The van der Waals surface area contributed by atoms with Gasteiger partial charge in [-0.25, -0.2) is 8.78 Å². The van der Waals surface area contributed by atoms with Crippen LogP contribution in [0, 0.1) is 11.6 Å². The summed E-state index contributed by atoms with van der Waals surface area (Å²) in [5.74, 6) is -2.36. The fourth-order valence-corrected chi connectivity index (χ4v) is 3.02. The van der Waals surface area contributed by atoms with Gasteiger partial charge in [-0.05, 0) is 42.3 Å². The first-order valence-electron chi connectivity index (χ1n) is 8.12. The summed E-state index contributed by atoms with van der Waals surface area (Å²) in [6.45, 7) is 1.72. The van der Waals surface area contributed by atoms with Crippen molar-refractivity contribution in [3.63, 3.8) is 0 Å². The molecule has 0 bridgehead atoms. The lowest BCUT2D eigenvalue weighted by atomic mass is 9.89. The molecule has 1 aliphatic heterocycles. The zero-order chi connectivity index (χ0) is 18.8. The standard InChI is InChI=1S/C19H18F2N2O3/c1-10(11-3-6-17(26-2)15(21)7-11)22-19(25)14-9-18(24)23-16-8-12(20)4-5-13(14)16/h3-8,10,14H,9H2,1-2H3,(H,22,25)(H,23,24). The Morgan fingerprint density at radius 2 is 2.04 bits per heavy atom. The van der Waals surface area contributed by atoms with Gasteiger partial charge in [-0.3, -0.25) is 9.59 Å². The average Bonchev–Trinajstić information content (AvgIpc) is 2.60. The molecule has 0 radical (unpaired) electrons. The van der Waals surface area contributed by atoms with Crippen molar-refractivity contribution in [2.75, 3.05) is 12.4 Å². The Kier molecular flexibility index (Phi) is 4.88. The summed E-state index contributed by atoms with van der Waals surface area (Å²) in [5.41, 5.74) is 1.41. The molecule has 0 spiro atoms. The molecule has 7 heteroatoms. The van der Waals surface area contributed by atoms with Crippen LogP contribution in [0.25, 0.3) is 0 Å². The quantitative estimate of drug-likeness (QED) is 0.879. The molecular weight excluding hydrogens is 342 g/mol. The lowest BCUT2D eigenvalue weighted by Gasteiger charge is -2.26. The molecule has 5 nitrogen and oxygen atoms in total. The van der Waals surface area contributed by atoms with Crippen LogP contribution in [-0.4, -0.2) is 18.9 Å². The van der Waals surface area contributed by atoms with Gasteiger partial charge >= 0.3 is 0 Å². The number of nitrogens with one attached hydrogen (secondary N) is 2. The number of methoxy groups -OCH3 is 1. The second kappa shape index (κ2) is 7.11. The van der Waals surface area contributed by atoms with E-state index in [0.717, 1.165) is 0 Å². The summed E-state index contributed by atoms with van der Waals surface area (Å²) in [4.78, 5) is 24.5. The van der Waals surface area contributed by atoms with Gasteiger partial charge in [-0.2, -0.15) is 0 Å². The second-order valence-corrected chi connectivity index (χ2v) is 6.16. The number of anilines is 1. The number of rotatable bonds is 4. The molecule has 2 unspecified atom stereocenters. The molecular formula is C19H18F2N2O3. The average molecular weight is 360 g/mol. The molecule has 0 saturated carbocycles. The summed E-state index contributed by atoms with van der Waals surface area (Å²) < 4.78 is 32.1. The molecule has 1 heterocycles. The zero-order valence-electron chi connectivity index (χ0n) is 14.3. The molecule has 2 atom stereocenters. The van der Waals surface area contributed by atoms with Crippen molar-refractivity contribution in [2.24, 2.45) is 0 Å². The predicted octanol–water partition coefficient (Wildman–Crippen LogP) is 3.28. The molecule has 0 aliphatic carbocycles. The highest BCUT2D eigenvalue weighted by molar-refractivity contribution is 6.01. The first-order chi connectivity index (χ1) is 12.4. The number of carbonyl (C=O) groups excluding carboxylic acids is 2. The van der Waals surface area contributed by atoms with Crippen LogP contribution in [-0.2, 0) is 9.59 Å². The van der Waals surface area contributed by atoms with Crippen molar-refractivity contribution < 1.29 is 23.1 Å². The topological polar surface area (TPSA) is 67.4 Å². The van der Waals surface area contributed by atoms with E-state index in [4.69, 9.17) is 4.74 Å². The van der Waals surface area contributed by atoms with E-state index in [0.29, 0.717) is 16.8 Å². The number of fused-ring (bicyclic) bond motifs is 1. The lowest BCUT2D eigenvalue weighted by molar-refractivity contribution is -0.126. The SMILES string of the molecule is COc1ccc(C(C)NC(=O)C2CC(=O)Nc3cc(F)ccc32)cc1F. The molecule has 0 aromatic heterocycles. The van der Waals surface area contributed by atoms with E-state index in [2.05, 4.69) is 10.6 Å². The highest BCUT2D eigenvalue weighted by atomic mass is 19.1. The van der Waals surface area contributed by atoms with E-state index in [-0.39, 0.29) is 24.0 Å². The van der Waals surface area contributed by atoms with Crippen LogP contribution in [0.4, 0.5) is 14.5 Å². The maximum atomic E-state index is 13.9. The Balaban J connectivity index is 1.80. The minimum atomic E-state index is -0.732. The van der Waals surface area contributed by atoms with Crippen molar-refractivity contribution in [3.8, 4) is 5.75 Å². The molecule has 2 aromatic rings. The van der Waals surface area contributed by atoms with Crippen LogP contribution < -0.4 is 15.4 Å². The Morgan fingerprint density at radius 1 is 1.27 bits per heavy atom. The monoisotopic (exact) mass is 360 g/mol. The van der Waals surface area contributed by atoms with E-state index >= 15 is 0 Å². The molecule has 1 aliphatic rings. The highest BCUT2D eigenvalue weighted by Crippen LogP contribution is 2.33. The number of halogens is 2. The summed E-state index contributed by atoms with van der Waals surface area (Å²) in [6, 6.07) is 7.89. The van der Waals surface area contributed by atoms with Gasteiger partial charge in [0.1, 0.15) is 5.82 Å². The summed E-state index contributed by atoms with van der Waals surface area (Å²) in [5, 5.41) is 5.35. The Bertz CT molecular complexity index is 870. The van der Waals surface area contributed by atoms with Crippen LogP contribution >= 0.6 is 0 Å². The largest absolute Gasteiger partial charge is 0.494 e. The van der Waals surface area contributed by atoms with E-state index in [1.807, 2.05) is 0 Å². The van der Waals surface area contributed by atoms with Crippen LogP contribution in [0.3, 0.4) is 0 Å². The first kappa shape index (κ1) is 17.8. The van der Waals surface area contributed by atoms with Crippen molar-refractivity contribution in [1.29, 1.82) is 0 Å². The summed E-state index contributed by atoms with van der Waals surface area (Å²) >= 11 is 0.